The zero-order valence-corrected chi connectivity index (χ0v) is 53.0. The first kappa shape index (κ1) is 75.9. The summed E-state index contributed by atoms with van der Waals surface area (Å²) in [4.78, 5) is 23.4. The normalized spacial score (nSPS) is 14.2. The van der Waals surface area contributed by atoms with Crippen molar-refractivity contribution < 1.29 is 32.9 Å². The fourth-order valence-corrected chi connectivity index (χ4v) is 10.6. The largest absolute Gasteiger partial charge is 0.472 e. The molecule has 0 bridgehead atoms. The van der Waals surface area contributed by atoms with Gasteiger partial charge in [-0.2, -0.15) is 0 Å². The average Bonchev–Trinajstić information content (AvgIpc) is 3.40. The number of hydrogen-bond acceptors (Lipinski definition) is 5. The third kappa shape index (κ3) is 61.6. The zero-order chi connectivity index (χ0) is 57.0. The van der Waals surface area contributed by atoms with E-state index in [-0.39, 0.29) is 19.1 Å². The molecule has 0 rings (SSSR count). The van der Waals surface area contributed by atoms with E-state index < -0.39 is 20.0 Å². The maximum Gasteiger partial charge on any atom is 0.472 e. The molecule has 456 valence electrons. The molecule has 0 saturated carbocycles. The molecule has 0 aliphatic rings. The molecular weight excluding hydrogens is 984 g/mol. The lowest BCUT2D eigenvalue weighted by molar-refractivity contribution is -0.870. The number of allylic oxidation sites excluding steroid dienone is 12. The van der Waals surface area contributed by atoms with Gasteiger partial charge in [0.2, 0.25) is 5.91 Å². The Morgan fingerprint density at radius 3 is 1.13 bits per heavy atom. The predicted octanol–water partition coefficient (Wildman–Crippen LogP) is 21.0. The molecule has 78 heavy (non-hydrogen) atoms. The lowest BCUT2D eigenvalue weighted by atomic mass is 10.0. The van der Waals surface area contributed by atoms with Crippen LogP contribution < -0.4 is 5.32 Å². The number of phosphoric ester groups is 1. The molecular formula is C69H130N2O6P+. The van der Waals surface area contributed by atoms with E-state index >= 15 is 0 Å². The Morgan fingerprint density at radius 1 is 0.449 bits per heavy atom. The number of aliphatic hydroxyl groups excluding tert-OH is 1. The van der Waals surface area contributed by atoms with Crippen molar-refractivity contribution in [2.75, 3.05) is 40.9 Å². The van der Waals surface area contributed by atoms with Crippen molar-refractivity contribution in [3.8, 4) is 0 Å². The molecule has 0 saturated heterocycles. The molecule has 0 aliphatic heterocycles. The molecule has 3 atom stereocenters. The highest BCUT2D eigenvalue weighted by Gasteiger charge is 2.28. The summed E-state index contributed by atoms with van der Waals surface area (Å²) < 4.78 is 23.8. The topological polar surface area (TPSA) is 105 Å². The van der Waals surface area contributed by atoms with Gasteiger partial charge in [0.25, 0.3) is 0 Å². The van der Waals surface area contributed by atoms with Crippen molar-refractivity contribution in [1.29, 1.82) is 0 Å². The van der Waals surface area contributed by atoms with Crippen LogP contribution in [-0.4, -0.2) is 73.4 Å². The highest BCUT2D eigenvalue weighted by atomic mass is 31.2. The maximum atomic E-state index is 13.0. The summed E-state index contributed by atoms with van der Waals surface area (Å²) in [5, 5.41) is 14.1. The van der Waals surface area contributed by atoms with Crippen LogP contribution >= 0.6 is 7.82 Å². The van der Waals surface area contributed by atoms with Gasteiger partial charge in [0.1, 0.15) is 13.2 Å². The van der Waals surface area contributed by atoms with Crippen molar-refractivity contribution in [1.82, 2.24) is 5.32 Å². The SMILES string of the molecule is CC/C=C\C/C=C\C/C=C\C/C=C\C/C=C\C/C=C\CCCCCCCCCCCCCCCCCCCCCCC(=O)NC(COP(=O)(O)OCC[N+](C)(C)C)C(O)CCCCCCCCCCCCCCCCCCC. The van der Waals surface area contributed by atoms with E-state index in [4.69, 9.17) is 9.05 Å². The summed E-state index contributed by atoms with van der Waals surface area (Å²) in [6.45, 7) is 4.81. The molecule has 0 fully saturated rings. The maximum absolute atomic E-state index is 13.0. The highest BCUT2D eigenvalue weighted by molar-refractivity contribution is 7.47. The number of rotatable bonds is 61. The van der Waals surface area contributed by atoms with Gasteiger partial charge in [0.05, 0.1) is 39.9 Å². The summed E-state index contributed by atoms with van der Waals surface area (Å²) >= 11 is 0. The van der Waals surface area contributed by atoms with E-state index in [0.717, 1.165) is 77.0 Å². The minimum absolute atomic E-state index is 0.0751. The summed E-state index contributed by atoms with van der Waals surface area (Å²) in [6, 6.07) is -0.761. The highest BCUT2D eigenvalue weighted by Crippen LogP contribution is 2.43. The van der Waals surface area contributed by atoms with E-state index in [1.165, 1.54) is 205 Å². The lowest BCUT2D eigenvalue weighted by Crippen LogP contribution is -2.46. The third-order valence-electron chi connectivity index (χ3n) is 15.0. The smallest absolute Gasteiger partial charge is 0.391 e. The molecule has 0 aliphatic carbocycles. The van der Waals surface area contributed by atoms with Crippen LogP contribution in [0.3, 0.4) is 0 Å². The quantitative estimate of drug-likeness (QED) is 0.0243. The van der Waals surface area contributed by atoms with Gasteiger partial charge < -0.3 is 19.8 Å². The summed E-state index contributed by atoms with van der Waals surface area (Å²) in [5.74, 6) is -0.140. The van der Waals surface area contributed by atoms with Crippen molar-refractivity contribution >= 4 is 13.7 Å². The Balaban J connectivity index is 3.94. The van der Waals surface area contributed by atoms with Gasteiger partial charge in [-0.05, 0) is 64.2 Å². The number of amides is 1. The van der Waals surface area contributed by atoms with E-state index in [9.17, 15) is 19.4 Å². The zero-order valence-electron chi connectivity index (χ0n) is 52.2. The van der Waals surface area contributed by atoms with Gasteiger partial charge in [-0.3, -0.25) is 13.8 Å². The van der Waals surface area contributed by atoms with E-state index in [1.54, 1.807) is 0 Å². The Kier molecular flexibility index (Phi) is 58.0. The molecule has 0 radical (unpaired) electrons. The van der Waals surface area contributed by atoms with Gasteiger partial charge in [0.15, 0.2) is 0 Å². The molecule has 3 unspecified atom stereocenters. The number of quaternary nitrogens is 1. The Hall–Kier alpha value is -2.06. The Morgan fingerprint density at radius 2 is 0.769 bits per heavy atom. The van der Waals surface area contributed by atoms with Crippen LogP contribution in [0.15, 0.2) is 72.9 Å². The number of nitrogens with one attached hydrogen (secondary N) is 1. The third-order valence-corrected chi connectivity index (χ3v) is 16.0. The van der Waals surface area contributed by atoms with Crippen LogP contribution in [-0.2, 0) is 18.4 Å². The Bertz CT molecular complexity index is 1500. The predicted molar refractivity (Wildman–Crippen MR) is 341 cm³/mol. The van der Waals surface area contributed by atoms with E-state index in [0.29, 0.717) is 23.9 Å². The number of carbonyl (C=O) groups excluding carboxylic acids is 1. The van der Waals surface area contributed by atoms with Gasteiger partial charge in [-0.1, -0.05) is 311 Å². The van der Waals surface area contributed by atoms with E-state index in [2.05, 4.69) is 92.1 Å². The number of aliphatic hydroxyl groups is 1. The lowest BCUT2D eigenvalue weighted by Gasteiger charge is -2.26. The van der Waals surface area contributed by atoms with Crippen LogP contribution in [0.1, 0.15) is 309 Å². The number of carbonyl (C=O) groups is 1. The fourth-order valence-electron chi connectivity index (χ4n) is 9.82. The summed E-state index contributed by atoms with van der Waals surface area (Å²) in [7, 11) is 1.63. The van der Waals surface area contributed by atoms with Crippen LogP contribution in [0.25, 0.3) is 0 Å². The molecule has 0 aromatic heterocycles. The second-order valence-corrected chi connectivity index (χ2v) is 25.3. The molecule has 0 spiro atoms. The van der Waals surface area contributed by atoms with Crippen LogP contribution in [0.5, 0.6) is 0 Å². The molecule has 0 aromatic carbocycles. The van der Waals surface area contributed by atoms with Gasteiger partial charge in [-0.25, -0.2) is 4.57 Å². The van der Waals surface area contributed by atoms with Crippen LogP contribution in [0.4, 0.5) is 0 Å². The second-order valence-electron chi connectivity index (χ2n) is 23.8. The van der Waals surface area contributed by atoms with Gasteiger partial charge in [0, 0.05) is 6.42 Å². The Labute approximate surface area is 484 Å². The first-order valence-corrected chi connectivity index (χ1v) is 34.8. The second kappa shape index (κ2) is 59.6. The minimum atomic E-state index is -4.33. The molecule has 9 heteroatoms. The van der Waals surface area contributed by atoms with Crippen LogP contribution in [0, 0.1) is 0 Å². The molecule has 0 aromatic rings. The molecule has 3 N–H and O–H groups in total. The van der Waals surface area contributed by atoms with Crippen molar-refractivity contribution in [2.45, 2.75) is 321 Å². The monoisotopic (exact) mass is 1110 g/mol. The number of unbranched alkanes of at least 4 members (excludes halogenated alkanes) is 36. The first-order chi connectivity index (χ1) is 38.0. The number of nitrogens with zero attached hydrogens (tertiary/aromatic N) is 1. The van der Waals surface area contributed by atoms with Gasteiger partial charge >= 0.3 is 7.82 Å². The minimum Gasteiger partial charge on any atom is -0.391 e. The summed E-state index contributed by atoms with van der Waals surface area (Å²) in [5.41, 5.74) is 0. The van der Waals surface area contributed by atoms with Gasteiger partial charge in [-0.15, -0.1) is 0 Å². The van der Waals surface area contributed by atoms with Crippen molar-refractivity contribution in [3.05, 3.63) is 72.9 Å². The standard InChI is InChI=1S/C69H129N2O6P/c1-6-8-10-12-14-16-18-20-22-24-25-26-27-28-29-30-31-32-33-34-35-36-37-38-39-40-41-42-43-44-45-47-49-51-53-55-57-59-61-63-69(73)70-67(66-77-78(74,75)76-65-64-71(3,4)5)68(72)62-60-58-56-54-52-50-48-46-23-21-19-17-15-13-11-9-7-2/h8,10,14,16,20,22,25-26,28-29,31-32,67-68,72H,6-7,9,11-13,15,17-19,21,23-24,27,30,33-66H2,1-5H3,(H-,70,73,74,75)/p+1/b10-8-,16-14-,22-20-,26-25-,29-28-,32-31-. The average molecular weight is 1110 g/mol. The number of likely N-dealkylation sites (N-methyl/N-ethyl adjacent to an activating group) is 1. The molecule has 0 heterocycles. The van der Waals surface area contributed by atoms with Crippen molar-refractivity contribution in [2.24, 2.45) is 0 Å². The number of phosphoric acid groups is 1. The van der Waals surface area contributed by atoms with Crippen molar-refractivity contribution in [3.63, 3.8) is 0 Å². The molecule has 8 nitrogen and oxygen atoms in total. The van der Waals surface area contributed by atoms with E-state index in [1.807, 2.05) is 21.1 Å². The first-order valence-electron chi connectivity index (χ1n) is 33.3. The fraction of sp³-hybridized carbons (Fsp3) is 0.812. The molecule has 1 amide bonds. The summed E-state index contributed by atoms with van der Waals surface area (Å²) in [6.07, 6.45) is 82.8. The van der Waals surface area contributed by atoms with Crippen LogP contribution in [0.2, 0.25) is 0 Å². The number of hydrogen-bond donors (Lipinski definition) is 3.